The van der Waals surface area contributed by atoms with Crippen LogP contribution in [0.3, 0.4) is 0 Å². The predicted octanol–water partition coefficient (Wildman–Crippen LogP) is 2.75. The second kappa shape index (κ2) is 11.3. The Morgan fingerprint density at radius 2 is 1.74 bits per heavy atom. The molecule has 7 heteroatoms. The minimum absolute atomic E-state index is 0.0793. The summed E-state index contributed by atoms with van der Waals surface area (Å²) < 4.78 is 0. The van der Waals surface area contributed by atoms with Crippen LogP contribution in [0.25, 0.3) is 0 Å². The van der Waals surface area contributed by atoms with E-state index in [1.54, 1.807) is 0 Å². The summed E-state index contributed by atoms with van der Waals surface area (Å²) in [6.45, 7) is 2.41. The molecule has 0 aliphatic heterocycles. The van der Waals surface area contributed by atoms with E-state index in [0.717, 1.165) is 31.2 Å². The zero-order chi connectivity index (χ0) is 20.3. The third-order valence-corrected chi connectivity index (χ3v) is 5.05. The largest absolute Gasteiger partial charge is 0.481 e. The summed E-state index contributed by atoms with van der Waals surface area (Å²) in [5, 5.41) is 10.8. The maximum Gasteiger partial charge on any atom is 0.318 e. The van der Waals surface area contributed by atoms with Crippen molar-refractivity contribution in [2.45, 2.75) is 57.8 Å². The molecule has 1 saturated carbocycles. The molecule has 1 atom stereocenters. The molecular formula is C20H31N3O4. The van der Waals surface area contributed by atoms with Crippen LogP contribution in [0.1, 0.15) is 63.4 Å². The molecule has 0 heterocycles. The number of urea groups is 1. The Kier molecular flexibility index (Phi) is 9.50. The maximum atomic E-state index is 11.6. The summed E-state index contributed by atoms with van der Waals surface area (Å²) >= 11 is 0. The smallest absolute Gasteiger partial charge is 0.318 e. The Morgan fingerprint density at radius 1 is 1.15 bits per heavy atom. The van der Waals surface area contributed by atoms with Crippen molar-refractivity contribution in [3.8, 4) is 0 Å². The maximum absolute atomic E-state index is 11.6. The molecule has 0 saturated heterocycles. The first-order chi connectivity index (χ1) is 12.8. The van der Waals surface area contributed by atoms with Gasteiger partial charge in [-0.25, -0.2) is 4.79 Å². The van der Waals surface area contributed by atoms with Crippen molar-refractivity contribution in [2.24, 2.45) is 16.9 Å². The van der Waals surface area contributed by atoms with Crippen LogP contribution in [0.5, 0.6) is 0 Å². The van der Waals surface area contributed by atoms with Gasteiger partial charge in [0.15, 0.2) is 0 Å². The van der Waals surface area contributed by atoms with Crippen molar-refractivity contribution in [2.75, 3.05) is 6.54 Å². The molecule has 2 rings (SSSR count). The van der Waals surface area contributed by atoms with Crippen molar-refractivity contribution in [3.63, 3.8) is 0 Å². The number of imide groups is 1. The number of carbonyl (C=O) groups excluding carboxylic acids is 2. The number of nitrogens with two attached hydrogens (primary N) is 2. The average Bonchev–Trinajstić information content (AvgIpc) is 2.63. The number of amides is 3. The molecule has 1 aromatic carbocycles. The first-order valence-corrected chi connectivity index (χ1v) is 9.40. The summed E-state index contributed by atoms with van der Waals surface area (Å²) in [4.78, 5) is 32.7. The number of aliphatic carboxylic acids is 1. The Bertz CT molecular complexity index is 613. The van der Waals surface area contributed by atoms with Crippen LogP contribution in [-0.2, 0) is 9.59 Å². The van der Waals surface area contributed by atoms with Gasteiger partial charge in [-0.2, -0.15) is 0 Å². The van der Waals surface area contributed by atoms with E-state index < -0.39 is 12.0 Å². The first kappa shape index (κ1) is 22.6. The lowest BCUT2D eigenvalue weighted by molar-refractivity contribution is -0.140. The number of nitrogens with one attached hydrogen (secondary N) is 1. The number of hydrogen-bond acceptors (Lipinski definition) is 4. The van der Waals surface area contributed by atoms with Gasteiger partial charge in [0.1, 0.15) is 0 Å². The molecule has 7 nitrogen and oxygen atoms in total. The van der Waals surface area contributed by atoms with Crippen LogP contribution in [0.15, 0.2) is 30.3 Å². The van der Waals surface area contributed by atoms with E-state index >= 15 is 0 Å². The summed E-state index contributed by atoms with van der Waals surface area (Å²) in [7, 11) is 0. The summed E-state index contributed by atoms with van der Waals surface area (Å²) in [6.07, 6.45) is 6.40. The Balaban J connectivity index is 0.000000277. The van der Waals surface area contributed by atoms with Crippen LogP contribution >= 0.6 is 0 Å². The molecule has 6 N–H and O–H groups in total. The van der Waals surface area contributed by atoms with Gasteiger partial charge in [0.05, 0.1) is 12.3 Å². The van der Waals surface area contributed by atoms with E-state index in [4.69, 9.17) is 16.6 Å². The van der Waals surface area contributed by atoms with Gasteiger partial charge in [-0.05, 0) is 36.8 Å². The zero-order valence-electron chi connectivity index (χ0n) is 15.9. The fourth-order valence-corrected chi connectivity index (χ4v) is 3.54. The molecule has 0 aromatic heterocycles. The normalized spacial score (nSPS) is 16.4. The van der Waals surface area contributed by atoms with Crippen molar-refractivity contribution >= 4 is 17.9 Å². The van der Waals surface area contributed by atoms with Crippen molar-refractivity contribution < 1.29 is 19.5 Å². The lowest BCUT2D eigenvalue weighted by Gasteiger charge is -2.34. The van der Waals surface area contributed by atoms with E-state index in [1.807, 2.05) is 37.3 Å². The number of carbonyl (C=O) groups is 3. The van der Waals surface area contributed by atoms with Gasteiger partial charge in [-0.3, -0.25) is 14.9 Å². The topological polar surface area (TPSA) is 136 Å². The van der Waals surface area contributed by atoms with Crippen LogP contribution in [-0.4, -0.2) is 29.6 Å². The predicted molar refractivity (Wildman–Crippen MR) is 104 cm³/mol. The van der Waals surface area contributed by atoms with E-state index in [-0.39, 0.29) is 23.7 Å². The average molecular weight is 377 g/mol. The lowest BCUT2D eigenvalue weighted by atomic mass is 9.72. The van der Waals surface area contributed by atoms with E-state index in [9.17, 15) is 14.4 Å². The summed E-state index contributed by atoms with van der Waals surface area (Å²) in [5.41, 5.74) is 11.3. The number of primary amides is 1. The molecule has 1 aliphatic rings. The quantitative estimate of drug-likeness (QED) is 0.604. The minimum Gasteiger partial charge on any atom is -0.481 e. The van der Waals surface area contributed by atoms with Crippen LogP contribution in [0.4, 0.5) is 4.79 Å². The molecule has 27 heavy (non-hydrogen) atoms. The highest BCUT2D eigenvalue weighted by molar-refractivity contribution is 5.97. The molecular weight excluding hydrogens is 346 g/mol. The van der Waals surface area contributed by atoms with Gasteiger partial charge in [-0.15, -0.1) is 0 Å². The van der Waals surface area contributed by atoms with E-state index in [2.05, 4.69) is 5.32 Å². The Labute approximate surface area is 160 Å². The molecule has 1 aliphatic carbocycles. The zero-order valence-corrected chi connectivity index (χ0v) is 15.9. The highest BCUT2D eigenvalue weighted by atomic mass is 16.4. The van der Waals surface area contributed by atoms with E-state index in [0.29, 0.717) is 13.0 Å². The third kappa shape index (κ3) is 7.78. The second-order valence-electron chi connectivity index (χ2n) is 7.06. The van der Waals surface area contributed by atoms with Gasteiger partial charge < -0.3 is 16.6 Å². The molecule has 0 bridgehead atoms. The van der Waals surface area contributed by atoms with Gasteiger partial charge in [0.2, 0.25) is 5.91 Å². The highest BCUT2D eigenvalue weighted by Crippen LogP contribution is 2.38. The van der Waals surface area contributed by atoms with Crippen molar-refractivity contribution in [1.29, 1.82) is 0 Å². The molecule has 0 radical (unpaired) electrons. The molecule has 1 unspecified atom stereocenters. The Hall–Kier alpha value is -2.41. The van der Waals surface area contributed by atoms with Crippen LogP contribution < -0.4 is 16.8 Å². The first-order valence-electron chi connectivity index (χ1n) is 9.40. The number of hydrogen-bond donors (Lipinski definition) is 4. The second-order valence-corrected chi connectivity index (χ2v) is 7.06. The van der Waals surface area contributed by atoms with Crippen LogP contribution in [0.2, 0.25) is 0 Å². The molecule has 1 aromatic rings. The van der Waals surface area contributed by atoms with Crippen LogP contribution in [0, 0.1) is 5.41 Å². The van der Waals surface area contributed by atoms with Gasteiger partial charge in [0.25, 0.3) is 0 Å². The monoisotopic (exact) mass is 377 g/mol. The van der Waals surface area contributed by atoms with E-state index in [1.165, 1.54) is 6.42 Å². The number of carboxylic acid groups (broad SMARTS) is 1. The highest BCUT2D eigenvalue weighted by Gasteiger charge is 2.32. The standard InChI is InChI=1S/C11H14N2O2.C9H17NO2/c1-2-9(10(14)13-11(12)15)8-6-4-3-5-7-8;10-7-9(6-8(11)12)4-2-1-3-5-9/h3-7,9H,2H2,1H3,(H3,12,13,14,15);1-7,10H2,(H,11,12). The summed E-state index contributed by atoms with van der Waals surface area (Å²) in [6, 6.07) is 8.49. The van der Waals surface area contributed by atoms with Gasteiger partial charge >= 0.3 is 12.0 Å². The fourth-order valence-electron chi connectivity index (χ4n) is 3.54. The molecule has 0 spiro atoms. The van der Waals surface area contributed by atoms with Crippen molar-refractivity contribution in [3.05, 3.63) is 35.9 Å². The molecule has 3 amide bonds. The molecule has 1 fully saturated rings. The Morgan fingerprint density at radius 3 is 2.19 bits per heavy atom. The fraction of sp³-hybridized carbons (Fsp3) is 0.550. The number of rotatable bonds is 6. The molecule has 150 valence electrons. The van der Waals surface area contributed by atoms with Gasteiger partial charge in [-0.1, -0.05) is 56.5 Å². The van der Waals surface area contributed by atoms with Crippen molar-refractivity contribution in [1.82, 2.24) is 5.32 Å². The number of benzene rings is 1. The van der Waals surface area contributed by atoms with Gasteiger partial charge in [0, 0.05) is 0 Å². The SMILES string of the molecule is CCC(C(=O)NC(N)=O)c1ccccc1.NCC1(CC(=O)O)CCCCC1. The summed E-state index contributed by atoms with van der Waals surface area (Å²) in [5.74, 6) is -1.38. The lowest BCUT2D eigenvalue weighted by Crippen LogP contribution is -2.38. The third-order valence-electron chi connectivity index (χ3n) is 5.05. The number of carboxylic acids is 1. The minimum atomic E-state index is -0.811.